The number of aliphatic hydroxyl groups is 1. The molecule has 1 unspecified atom stereocenters. The van der Waals surface area contributed by atoms with Crippen LogP contribution in [0.1, 0.15) is 168 Å². The van der Waals surface area contributed by atoms with Crippen molar-refractivity contribution in [2.45, 2.75) is 180 Å². The molecule has 0 aromatic heterocycles. The van der Waals surface area contributed by atoms with Gasteiger partial charge in [0.1, 0.15) is 13.2 Å². The van der Waals surface area contributed by atoms with Crippen LogP contribution < -0.4 is 5.32 Å². The third-order valence-electron chi connectivity index (χ3n) is 8.80. The van der Waals surface area contributed by atoms with Crippen molar-refractivity contribution < 1.29 is 32.9 Å². The SMILES string of the molecule is CCC/C=C/CCCCCCCC/C=C/[C@@H](O)[C@H](COP(=O)(O)OCC[N+](C)(C)C)NC(=O)CCCCCCC/C=C/CCCCCCCC. The summed E-state index contributed by atoms with van der Waals surface area (Å²) in [5.74, 6) is -0.191. The van der Waals surface area contributed by atoms with Crippen LogP contribution in [-0.4, -0.2) is 73.4 Å². The Bertz CT molecular complexity index is 917. The van der Waals surface area contributed by atoms with Crippen molar-refractivity contribution in [1.29, 1.82) is 0 Å². The number of rotatable bonds is 36. The molecule has 294 valence electrons. The molecule has 0 bridgehead atoms. The third kappa shape index (κ3) is 35.1. The molecule has 0 aliphatic carbocycles. The Hall–Kier alpha value is -1.28. The zero-order chi connectivity index (χ0) is 37.2. The fraction of sp³-hybridized carbons (Fsp3) is 0.829. The molecule has 0 heterocycles. The largest absolute Gasteiger partial charge is 0.472 e. The van der Waals surface area contributed by atoms with E-state index in [0.717, 1.165) is 51.4 Å². The number of carbonyl (C=O) groups is 1. The van der Waals surface area contributed by atoms with Crippen molar-refractivity contribution >= 4 is 13.7 Å². The van der Waals surface area contributed by atoms with Crippen molar-refractivity contribution in [3.63, 3.8) is 0 Å². The first-order chi connectivity index (χ1) is 24.0. The number of nitrogens with one attached hydrogen (secondary N) is 1. The van der Waals surface area contributed by atoms with Crippen molar-refractivity contribution in [1.82, 2.24) is 5.32 Å². The highest BCUT2D eigenvalue weighted by atomic mass is 31.2. The second-order valence-corrected chi connectivity index (χ2v) is 16.5. The number of nitrogens with zero attached hydrogens (tertiary/aromatic N) is 1. The van der Waals surface area contributed by atoms with E-state index < -0.39 is 20.0 Å². The van der Waals surface area contributed by atoms with Gasteiger partial charge >= 0.3 is 7.82 Å². The molecule has 0 aromatic carbocycles. The second kappa shape index (κ2) is 33.5. The minimum Gasteiger partial charge on any atom is -0.387 e. The Morgan fingerprint density at radius 2 is 1.12 bits per heavy atom. The fourth-order valence-corrected chi connectivity index (χ4v) is 6.24. The molecular weight excluding hydrogens is 647 g/mol. The first-order valence-corrected chi connectivity index (χ1v) is 21.9. The van der Waals surface area contributed by atoms with Gasteiger partial charge in [0.15, 0.2) is 0 Å². The summed E-state index contributed by atoms with van der Waals surface area (Å²) < 4.78 is 23.5. The van der Waals surface area contributed by atoms with Crippen LogP contribution in [0.15, 0.2) is 36.5 Å². The van der Waals surface area contributed by atoms with Gasteiger partial charge in [0.25, 0.3) is 0 Å². The number of amides is 1. The Labute approximate surface area is 308 Å². The number of hydrogen-bond donors (Lipinski definition) is 3. The van der Waals surface area contributed by atoms with Gasteiger partial charge in [-0.05, 0) is 64.2 Å². The number of hydrogen-bond acceptors (Lipinski definition) is 5. The molecule has 9 heteroatoms. The summed E-state index contributed by atoms with van der Waals surface area (Å²) in [6.45, 7) is 4.72. The monoisotopic (exact) mass is 728 g/mol. The molecule has 0 saturated heterocycles. The lowest BCUT2D eigenvalue weighted by Crippen LogP contribution is -2.45. The van der Waals surface area contributed by atoms with E-state index >= 15 is 0 Å². The van der Waals surface area contributed by atoms with E-state index in [1.165, 1.54) is 96.3 Å². The third-order valence-corrected chi connectivity index (χ3v) is 9.79. The van der Waals surface area contributed by atoms with Crippen LogP contribution in [-0.2, 0) is 18.4 Å². The summed E-state index contributed by atoms with van der Waals surface area (Å²) in [5.41, 5.74) is 0. The number of phosphoric acid groups is 1. The highest BCUT2D eigenvalue weighted by molar-refractivity contribution is 7.47. The summed E-state index contributed by atoms with van der Waals surface area (Å²) in [7, 11) is 1.56. The highest BCUT2D eigenvalue weighted by Gasteiger charge is 2.27. The smallest absolute Gasteiger partial charge is 0.387 e. The standard InChI is InChI=1S/C41H79N2O6P/c1-6-8-10-12-14-16-18-20-21-23-25-27-29-31-33-35-41(45)42-39(38-49-50(46,47)48-37-36-43(3,4)5)40(44)34-32-30-28-26-24-22-19-17-15-13-11-9-7-2/h11,13,20-21,32,34,39-40,44H,6-10,12,14-19,22-31,33,35-38H2,1-5H3,(H-,42,45,46,47)/p+1/b13-11+,21-20+,34-32+/t39-,40+/m0/s1. The predicted octanol–water partition coefficient (Wildman–Crippen LogP) is 10.7. The molecule has 0 aliphatic heterocycles. The van der Waals surface area contributed by atoms with E-state index in [0.29, 0.717) is 17.4 Å². The zero-order valence-electron chi connectivity index (χ0n) is 33.1. The Morgan fingerprint density at radius 3 is 1.62 bits per heavy atom. The summed E-state index contributed by atoms with van der Waals surface area (Å²) in [5, 5.41) is 13.8. The Morgan fingerprint density at radius 1 is 0.660 bits per heavy atom. The number of quaternary nitrogens is 1. The van der Waals surface area contributed by atoms with Crippen molar-refractivity contribution in [3.05, 3.63) is 36.5 Å². The van der Waals surface area contributed by atoms with Gasteiger partial charge in [-0.1, -0.05) is 134 Å². The van der Waals surface area contributed by atoms with Gasteiger partial charge in [-0.3, -0.25) is 13.8 Å². The van der Waals surface area contributed by atoms with E-state index in [9.17, 15) is 19.4 Å². The maximum atomic E-state index is 12.8. The molecule has 0 aromatic rings. The topological polar surface area (TPSA) is 105 Å². The molecule has 3 atom stereocenters. The number of aliphatic hydroxyl groups excluding tert-OH is 1. The first kappa shape index (κ1) is 48.7. The lowest BCUT2D eigenvalue weighted by Gasteiger charge is -2.25. The van der Waals surface area contributed by atoms with Gasteiger partial charge in [-0.2, -0.15) is 0 Å². The fourth-order valence-electron chi connectivity index (χ4n) is 5.51. The van der Waals surface area contributed by atoms with Gasteiger partial charge < -0.3 is 19.8 Å². The molecule has 0 fully saturated rings. The lowest BCUT2D eigenvalue weighted by molar-refractivity contribution is -0.870. The molecule has 3 N–H and O–H groups in total. The van der Waals surface area contributed by atoms with Gasteiger partial charge in [0.05, 0.1) is 39.9 Å². The summed E-state index contributed by atoms with van der Waals surface area (Å²) in [4.78, 5) is 23.0. The highest BCUT2D eigenvalue weighted by Crippen LogP contribution is 2.43. The van der Waals surface area contributed by atoms with Crippen LogP contribution in [0.3, 0.4) is 0 Å². The van der Waals surface area contributed by atoms with Crippen LogP contribution in [0, 0.1) is 0 Å². The molecule has 0 radical (unpaired) electrons. The van der Waals surface area contributed by atoms with Crippen LogP contribution >= 0.6 is 7.82 Å². The Balaban J connectivity index is 4.52. The number of likely N-dealkylation sites (N-methyl/N-ethyl adjacent to an activating group) is 1. The number of unbranched alkanes of at least 4 members (excludes halogenated alkanes) is 19. The van der Waals surface area contributed by atoms with Crippen LogP contribution in [0.25, 0.3) is 0 Å². The van der Waals surface area contributed by atoms with Crippen LogP contribution in [0.4, 0.5) is 0 Å². The predicted molar refractivity (Wildman–Crippen MR) is 212 cm³/mol. The van der Waals surface area contributed by atoms with E-state index in [4.69, 9.17) is 9.05 Å². The van der Waals surface area contributed by atoms with E-state index in [-0.39, 0.29) is 19.1 Å². The van der Waals surface area contributed by atoms with E-state index in [2.05, 4.69) is 43.5 Å². The molecule has 1 amide bonds. The van der Waals surface area contributed by atoms with Crippen molar-refractivity contribution in [3.8, 4) is 0 Å². The van der Waals surface area contributed by atoms with Gasteiger partial charge in [0.2, 0.25) is 5.91 Å². The normalized spacial score (nSPS) is 14.9. The molecule has 0 rings (SSSR count). The maximum absolute atomic E-state index is 12.8. The lowest BCUT2D eigenvalue weighted by atomic mass is 10.1. The molecule has 0 saturated carbocycles. The summed E-state index contributed by atoms with van der Waals surface area (Å²) >= 11 is 0. The molecule has 8 nitrogen and oxygen atoms in total. The van der Waals surface area contributed by atoms with Crippen molar-refractivity contribution in [2.75, 3.05) is 40.9 Å². The minimum atomic E-state index is -4.33. The quantitative estimate of drug-likeness (QED) is 0.0257. The Kier molecular flexibility index (Phi) is 32.7. The average Bonchev–Trinajstić information content (AvgIpc) is 3.06. The van der Waals surface area contributed by atoms with Crippen molar-refractivity contribution in [2.24, 2.45) is 0 Å². The van der Waals surface area contributed by atoms with Crippen LogP contribution in [0.5, 0.6) is 0 Å². The second-order valence-electron chi connectivity index (χ2n) is 15.0. The van der Waals surface area contributed by atoms with E-state index in [1.54, 1.807) is 6.08 Å². The minimum absolute atomic E-state index is 0.0578. The first-order valence-electron chi connectivity index (χ1n) is 20.4. The molecule has 0 aliphatic rings. The summed E-state index contributed by atoms with van der Waals surface area (Å²) in [6, 6.07) is -0.851. The number of allylic oxidation sites excluding steroid dienone is 5. The molecule has 0 spiro atoms. The van der Waals surface area contributed by atoms with Gasteiger partial charge in [-0.25, -0.2) is 4.57 Å². The van der Waals surface area contributed by atoms with Crippen LogP contribution in [0.2, 0.25) is 0 Å². The van der Waals surface area contributed by atoms with Gasteiger partial charge in [0, 0.05) is 6.42 Å². The maximum Gasteiger partial charge on any atom is 0.472 e. The zero-order valence-corrected chi connectivity index (χ0v) is 34.0. The van der Waals surface area contributed by atoms with E-state index in [1.807, 2.05) is 27.2 Å². The van der Waals surface area contributed by atoms with Gasteiger partial charge in [-0.15, -0.1) is 0 Å². The molecule has 50 heavy (non-hydrogen) atoms. The summed E-state index contributed by atoms with van der Waals surface area (Å²) in [6.07, 6.45) is 39.2. The average molecular weight is 728 g/mol. The number of carbonyl (C=O) groups excluding carboxylic acids is 1. The molecular formula is C41H80N2O6P+. The number of phosphoric ester groups is 1.